The van der Waals surface area contributed by atoms with Crippen molar-refractivity contribution in [3.8, 4) is 0 Å². The molecule has 2 aliphatic heterocycles. The Morgan fingerprint density at radius 1 is 0.920 bits per heavy atom. The van der Waals surface area contributed by atoms with Crippen LogP contribution >= 0.6 is 0 Å². The molecular formula is C18H30N4O3. The molecule has 3 aliphatic rings. The standard InChI is InChI=1S/C18H30N4O3/c23-16(19-15-6-7-15)13-20-9-11-21(12-10-20)18(25)14-22-8-4-2-1-3-5-17(22)24/h15H,1-14H2,(H,19,23). The summed E-state index contributed by atoms with van der Waals surface area (Å²) in [4.78, 5) is 42.2. The molecule has 0 aromatic carbocycles. The van der Waals surface area contributed by atoms with Gasteiger partial charge in [-0.15, -0.1) is 0 Å². The van der Waals surface area contributed by atoms with Gasteiger partial charge in [0.05, 0.1) is 13.1 Å². The van der Waals surface area contributed by atoms with Crippen LogP contribution in [0.25, 0.3) is 0 Å². The van der Waals surface area contributed by atoms with Crippen LogP contribution in [0.3, 0.4) is 0 Å². The van der Waals surface area contributed by atoms with Crippen LogP contribution in [0.4, 0.5) is 0 Å². The van der Waals surface area contributed by atoms with Crippen molar-refractivity contribution in [3.05, 3.63) is 0 Å². The van der Waals surface area contributed by atoms with E-state index >= 15 is 0 Å². The molecule has 3 rings (SSSR count). The average molecular weight is 350 g/mol. The maximum Gasteiger partial charge on any atom is 0.242 e. The van der Waals surface area contributed by atoms with Crippen LogP contribution in [0, 0.1) is 0 Å². The number of carbonyl (C=O) groups is 3. The second-order valence-electron chi connectivity index (χ2n) is 7.48. The van der Waals surface area contributed by atoms with Gasteiger partial charge in [-0.1, -0.05) is 12.8 Å². The molecular weight excluding hydrogens is 320 g/mol. The Labute approximate surface area is 149 Å². The summed E-state index contributed by atoms with van der Waals surface area (Å²) in [5.74, 6) is 0.243. The molecule has 3 fully saturated rings. The highest BCUT2D eigenvalue weighted by Gasteiger charge is 2.27. The Bertz CT molecular complexity index is 499. The van der Waals surface area contributed by atoms with E-state index < -0.39 is 0 Å². The van der Waals surface area contributed by atoms with Crippen LogP contribution in [0.15, 0.2) is 0 Å². The SMILES string of the molecule is O=C(CN1CCN(C(=O)CN2CCCCCCC2=O)CC1)NC1CC1. The maximum atomic E-state index is 12.5. The molecule has 2 saturated heterocycles. The number of likely N-dealkylation sites (tertiary alicyclic amines) is 1. The van der Waals surface area contributed by atoms with Crippen molar-refractivity contribution in [1.82, 2.24) is 20.0 Å². The van der Waals surface area contributed by atoms with E-state index in [1.807, 2.05) is 4.90 Å². The van der Waals surface area contributed by atoms with E-state index in [-0.39, 0.29) is 24.3 Å². The first-order chi connectivity index (χ1) is 12.1. The van der Waals surface area contributed by atoms with Gasteiger partial charge in [0.15, 0.2) is 0 Å². The number of nitrogens with zero attached hydrogens (tertiary/aromatic N) is 3. The van der Waals surface area contributed by atoms with E-state index in [4.69, 9.17) is 0 Å². The fourth-order valence-electron chi connectivity index (χ4n) is 3.51. The second kappa shape index (κ2) is 8.65. The average Bonchev–Trinajstić information content (AvgIpc) is 3.39. The third-order valence-corrected chi connectivity index (χ3v) is 5.28. The molecule has 0 spiro atoms. The smallest absolute Gasteiger partial charge is 0.242 e. The normalized spacial score (nSPS) is 23.1. The molecule has 1 N–H and O–H groups in total. The molecule has 7 nitrogen and oxygen atoms in total. The van der Waals surface area contributed by atoms with E-state index in [1.54, 1.807) is 4.90 Å². The van der Waals surface area contributed by atoms with Gasteiger partial charge in [0.2, 0.25) is 17.7 Å². The number of rotatable bonds is 5. The summed E-state index contributed by atoms with van der Waals surface area (Å²) < 4.78 is 0. The van der Waals surface area contributed by atoms with Crippen LogP contribution < -0.4 is 5.32 Å². The van der Waals surface area contributed by atoms with Gasteiger partial charge in [0.1, 0.15) is 0 Å². The zero-order chi connectivity index (χ0) is 17.6. The highest BCUT2D eigenvalue weighted by molar-refractivity contribution is 5.85. The number of carbonyl (C=O) groups excluding carboxylic acids is 3. The van der Waals surface area contributed by atoms with Crippen molar-refractivity contribution in [3.63, 3.8) is 0 Å². The third-order valence-electron chi connectivity index (χ3n) is 5.28. The van der Waals surface area contributed by atoms with Gasteiger partial charge in [-0.3, -0.25) is 19.3 Å². The predicted octanol–water partition coefficient (Wildman–Crippen LogP) is 0.202. The van der Waals surface area contributed by atoms with Crippen molar-refractivity contribution in [2.24, 2.45) is 0 Å². The van der Waals surface area contributed by atoms with Crippen LogP contribution in [0.2, 0.25) is 0 Å². The summed E-state index contributed by atoms with van der Waals surface area (Å²) >= 11 is 0. The lowest BCUT2D eigenvalue weighted by molar-refractivity contribution is -0.142. The molecule has 0 radical (unpaired) electrons. The van der Waals surface area contributed by atoms with Gasteiger partial charge in [0.25, 0.3) is 0 Å². The molecule has 0 aromatic heterocycles. The summed E-state index contributed by atoms with van der Waals surface area (Å²) in [6, 6.07) is 0.394. The number of hydrogen-bond acceptors (Lipinski definition) is 4. The Morgan fingerprint density at radius 2 is 1.64 bits per heavy atom. The zero-order valence-electron chi connectivity index (χ0n) is 15.0. The minimum absolute atomic E-state index is 0.0380. The highest BCUT2D eigenvalue weighted by Crippen LogP contribution is 2.18. The molecule has 1 saturated carbocycles. The molecule has 0 unspecified atom stereocenters. The Balaban J connectivity index is 1.39. The number of amides is 3. The van der Waals surface area contributed by atoms with Crippen molar-refractivity contribution < 1.29 is 14.4 Å². The quantitative estimate of drug-likeness (QED) is 0.769. The topological polar surface area (TPSA) is 73.0 Å². The molecule has 0 aromatic rings. The van der Waals surface area contributed by atoms with Crippen LogP contribution in [0.1, 0.15) is 44.9 Å². The van der Waals surface area contributed by atoms with Crippen molar-refractivity contribution in [2.45, 2.75) is 51.0 Å². The first kappa shape index (κ1) is 18.2. The Kier molecular flexibility index (Phi) is 6.29. The van der Waals surface area contributed by atoms with Crippen molar-refractivity contribution >= 4 is 17.7 Å². The lowest BCUT2D eigenvalue weighted by atomic mass is 10.1. The van der Waals surface area contributed by atoms with Crippen LogP contribution in [0.5, 0.6) is 0 Å². The van der Waals surface area contributed by atoms with Crippen molar-refractivity contribution in [1.29, 1.82) is 0 Å². The molecule has 2 heterocycles. The summed E-state index contributed by atoms with van der Waals surface area (Å²) in [6.45, 7) is 4.04. The largest absolute Gasteiger partial charge is 0.352 e. The van der Waals surface area contributed by atoms with E-state index in [0.29, 0.717) is 38.6 Å². The minimum atomic E-state index is 0.0380. The molecule has 1 aliphatic carbocycles. The van der Waals surface area contributed by atoms with Gasteiger partial charge < -0.3 is 15.1 Å². The fraction of sp³-hybridized carbons (Fsp3) is 0.833. The molecule has 0 atom stereocenters. The van der Waals surface area contributed by atoms with Gasteiger partial charge in [-0.05, 0) is 25.7 Å². The zero-order valence-corrected chi connectivity index (χ0v) is 15.0. The van der Waals surface area contributed by atoms with E-state index in [1.165, 1.54) is 0 Å². The molecule has 140 valence electrons. The highest BCUT2D eigenvalue weighted by atomic mass is 16.2. The van der Waals surface area contributed by atoms with E-state index in [2.05, 4.69) is 10.2 Å². The lowest BCUT2D eigenvalue weighted by Gasteiger charge is -2.35. The first-order valence-electron chi connectivity index (χ1n) is 9.69. The van der Waals surface area contributed by atoms with Gasteiger partial charge >= 0.3 is 0 Å². The van der Waals surface area contributed by atoms with Crippen molar-refractivity contribution in [2.75, 3.05) is 45.8 Å². The summed E-state index contributed by atoms with van der Waals surface area (Å²) in [5.41, 5.74) is 0. The van der Waals surface area contributed by atoms with Gasteiger partial charge in [0, 0.05) is 45.2 Å². The maximum absolute atomic E-state index is 12.5. The summed E-state index contributed by atoms with van der Waals surface area (Å²) in [6.07, 6.45) is 6.95. The summed E-state index contributed by atoms with van der Waals surface area (Å²) in [5, 5.41) is 3.00. The Hall–Kier alpha value is -1.63. The molecule has 7 heteroatoms. The number of piperazine rings is 1. The van der Waals surface area contributed by atoms with Gasteiger partial charge in [-0.25, -0.2) is 0 Å². The van der Waals surface area contributed by atoms with Crippen LogP contribution in [-0.2, 0) is 14.4 Å². The second-order valence-corrected chi connectivity index (χ2v) is 7.48. The third kappa shape index (κ3) is 5.70. The number of hydrogen-bond donors (Lipinski definition) is 1. The van der Waals surface area contributed by atoms with Crippen LogP contribution in [-0.4, -0.2) is 84.3 Å². The monoisotopic (exact) mass is 350 g/mol. The first-order valence-corrected chi connectivity index (χ1v) is 9.69. The van der Waals surface area contributed by atoms with E-state index in [9.17, 15) is 14.4 Å². The minimum Gasteiger partial charge on any atom is -0.352 e. The molecule has 25 heavy (non-hydrogen) atoms. The Morgan fingerprint density at radius 3 is 2.36 bits per heavy atom. The lowest BCUT2D eigenvalue weighted by Crippen LogP contribution is -2.53. The summed E-state index contributed by atoms with van der Waals surface area (Å²) in [7, 11) is 0. The predicted molar refractivity (Wildman–Crippen MR) is 93.8 cm³/mol. The number of nitrogens with one attached hydrogen (secondary N) is 1. The van der Waals surface area contributed by atoms with E-state index in [0.717, 1.165) is 51.6 Å². The molecule has 3 amide bonds. The molecule has 0 bridgehead atoms. The fourth-order valence-corrected chi connectivity index (χ4v) is 3.51. The van der Waals surface area contributed by atoms with Gasteiger partial charge in [-0.2, -0.15) is 0 Å².